The van der Waals surface area contributed by atoms with Crippen molar-refractivity contribution < 1.29 is 9.53 Å². The maximum Gasteiger partial charge on any atom is 0.142 e. The summed E-state index contributed by atoms with van der Waals surface area (Å²) in [5.41, 5.74) is 4.60. The number of hydrogen-bond donors (Lipinski definition) is 0. The van der Waals surface area contributed by atoms with E-state index in [9.17, 15) is 4.79 Å². The van der Waals surface area contributed by atoms with Gasteiger partial charge in [-0.2, -0.15) is 0 Å². The maximum atomic E-state index is 10.6. The summed E-state index contributed by atoms with van der Waals surface area (Å²) in [6.45, 7) is 6.38. The highest BCUT2D eigenvalue weighted by atomic mass is 16.5. The second-order valence-corrected chi connectivity index (χ2v) is 6.82. The number of carbonyl (C=O) groups is 1. The number of carbonyl (C=O) groups excluding carboxylic acids is 1. The molecule has 0 saturated heterocycles. The van der Waals surface area contributed by atoms with Crippen LogP contribution in [0.3, 0.4) is 0 Å². The molecule has 23 heavy (non-hydrogen) atoms. The first-order chi connectivity index (χ1) is 11.0. The van der Waals surface area contributed by atoms with Gasteiger partial charge in [-0.1, -0.05) is 42.0 Å². The van der Waals surface area contributed by atoms with Crippen molar-refractivity contribution in [1.29, 1.82) is 0 Å². The van der Waals surface area contributed by atoms with E-state index in [1.807, 2.05) is 18.2 Å². The van der Waals surface area contributed by atoms with E-state index in [1.54, 1.807) is 0 Å². The van der Waals surface area contributed by atoms with Crippen molar-refractivity contribution in [2.24, 2.45) is 0 Å². The first kappa shape index (κ1) is 15.5. The van der Waals surface area contributed by atoms with E-state index in [-0.39, 0.29) is 5.60 Å². The fourth-order valence-corrected chi connectivity index (χ4v) is 3.22. The van der Waals surface area contributed by atoms with Gasteiger partial charge in [0.15, 0.2) is 0 Å². The second kappa shape index (κ2) is 6.04. The highest BCUT2D eigenvalue weighted by Gasteiger charge is 2.34. The largest absolute Gasteiger partial charge is 0.488 e. The monoisotopic (exact) mass is 306 g/mol. The van der Waals surface area contributed by atoms with Crippen LogP contribution in [0, 0.1) is 6.92 Å². The molecule has 1 heterocycles. The first-order valence-electron chi connectivity index (χ1n) is 8.00. The van der Waals surface area contributed by atoms with Crippen molar-refractivity contribution in [2.45, 2.75) is 38.7 Å². The fraction of sp³-hybridized carbons (Fsp3) is 0.286. The van der Waals surface area contributed by atoms with Crippen LogP contribution in [0.5, 0.6) is 5.75 Å². The molecule has 0 spiro atoms. The number of allylic oxidation sites excluding steroid dienone is 1. The molecule has 0 saturated carbocycles. The Kier molecular flexibility index (Phi) is 4.08. The molecule has 0 fully saturated rings. The van der Waals surface area contributed by atoms with Crippen LogP contribution in [0.25, 0.3) is 6.08 Å². The topological polar surface area (TPSA) is 26.3 Å². The molecule has 2 heteroatoms. The summed E-state index contributed by atoms with van der Waals surface area (Å²) in [5.74, 6) is 1.24. The third kappa shape index (κ3) is 3.37. The Hall–Kier alpha value is -2.35. The molecule has 118 valence electrons. The van der Waals surface area contributed by atoms with Crippen LogP contribution >= 0.6 is 0 Å². The van der Waals surface area contributed by atoms with Crippen molar-refractivity contribution >= 4 is 12.4 Å². The molecule has 3 rings (SSSR count). The van der Waals surface area contributed by atoms with Crippen LogP contribution in [0.4, 0.5) is 0 Å². The number of benzene rings is 2. The quantitative estimate of drug-likeness (QED) is 0.595. The van der Waals surface area contributed by atoms with E-state index >= 15 is 0 Å². The van der Waals surface area contributed by atoms with Crippen molar-refractivity contribution in [3.05, 3.63) is 70.8 Å². The molecule has 0 amide bonds. The molecular formula is C21H22O2. The van der Waals surface area contributed by atoms with Gasteiger partial charge < -0.3 is 4.74 Å². The standard InChI is InChI=1S/C21H22O2/c1-15-6-9-17(10-7-15)19-14-21(2,3)23-20-11-8-16(5-4-12-22)13-18(19)20/h4-13,19H,14H2,1-3H3/t19-/m0/s1. The maximum absolute atomic E-state index is 10.6. The van der Waals surface area contributed by atoms with E-state index in [2.05, 4.69) is 51.1 Å². The molecule has 0 bridgehead atoms. The van der Waals surface area contributed by atoms with E-state index < -0.39 is 0 Å². The summed E-state index contributed by atoms with van der Waals surface area (Å²) in [6, 6.07) is 14.9. The lowest BCUT2D eigenvalue weighted by molar-refractivity contribution is -0.104. The molecule has 1 aliphatic heterocycles. The lowest BCUT2D eigenvalue weighted by atomic mass is 9.79. The average Bonchev–Trinajstić information content (AvgIpc) is 2.52. The molecule has 2 aromatic carbocycles. The van der Waals surface area contributed by atoms with Crippen molar-refractivity contribution in [3.63, 3.8) is 0 Å². The Morgan fingerprint density at radius 3 is 2.57 bits per heavy atom. The fourth-order valence-electron chi connectivity index (χ4n) is 3.22. The summed E-state index contributed by atoms with van der Waals surface area (Å²) in [7, 11) is 0. The molecule has 0 N–H and O–H groups in total. The molecule has 2 aromatic rings. The summed E-state index contributed by atoms with van der Waals surface area (Å²) >= 11 is 0. The first-order valence-corrected chi connectivity index (χ1v) is 8.00. The Labute approximate surface area is 137 Å². The van der Waals surface area contributed by atoms with Crippen molar-refractivity contribution in [3.8, 4) is 5.75 Å². The van der Waals surface area contributed by atoms with Gasteiger partial charge in [0.25, 0.3) is 0 Å². The molecular weight excluding hydrogens is 284 g/mol. The zero-order chi connectivity index (χ0) is 16.4. The van der Waals surface area contributed by atoms with E-state index in [0.29, 0.717) is 5.92 Å². The van der Waals surface area contributed by atoms with Gasteiger partial charge in [-0.05, 0) is 56.5 Å². The van der Waals surface area contributed by atoms with Crippen LogP contribution in [0.1, 0.15) is 48.4 Å². The minimum absolute atomic E-state index is 0.192. The zero-order valence-corrected chi connectivity index (χ0v) is 13.9. The Bertz CT molecular complexity index is 739. The highest BCUT2D eigenvalue weighted by Crippen LogP contribution is 2.44. The number of aryl methyl sites for hydroxylation is 1. The van der Waals surface area contributed by atoms with Gasteiger partial charge >= 0.3 is 0 Å². The zero-order valence-electron chi connectivity index (χ0n) is 13.9. The number of fused-ring (bicyclic) bond motifs is 1. The van der Waals surface area contributed by atoms with Gasteiger partial charge in [0.05, 0.1) is 0 Å². The lowest BCUT2D eigenvalue weighted by Crippen LogP contribution is -2.35. The minimum Gasteiger partial charge on any atom is -0.488 e. The van der Waals surface area contributed by atoms with Gasteiger partial charge in [0, 0.05) is 11.5 Å². The van der Waals surface area contributed by atoms with Crippen LogP contribution in [-0.2, 0) is 4.79 Å². The number of aldehydes is 1. The van der Waals surface area contributed by atoms with Crippen molar-refractivity contribution in [2.75, 3.05) is 0 Å². The Morgan fingerprint density at radius 1 is 1.13 bits per heavy atom. The van der Waals surface area contributed by atoms with Gasteiger partial charge in [0.1, 0.15) is 17.6 Å². The Morgan fingerprint density at radius 2 is 1.87 bits per heavy atom. The molecule has 1 atom stereocenters. The summed E-state index contributed by atoms with van der Waals surface area (Å²) < 4.78 is 6.16. The normalized spacial score (nSPS) is 19.2. The predicted octanol–water partition coefficient (Wildman–Crippen LogP) is 4.90. The smallest absolute Gasteiger partial charge is 0.142 e. The Balaban J connectivity index is 2.08. The van der Waals surface area contributed by atoms with Crippen molar-refractivity contribution in [1.82, 2.24) is 0 Å². The minimum atomic E-state index is -0.192. The average molecular weight is 306 g/mol. The van der Waals surface area contributed by atoms with Crippen LogP contribution in [-0.4, -0.2) is 11.9 Å². The van der Waals surface area contributed by atoms with Gasteiger partial charge in [0.2, 0.25) is 0 Å². The van der Waals surface area contributed by atoms with E-state index in [4.69, 9.17) is 4.74 Å². The number of rotatable bonds is 3. The summed E-state index contributed by atoms with van der Waals surface area (Å²) in [4.78, 5) is 10.6. The van der Waals surface area contributed by atoms with Gasteiger partial charge in [-0.3, -0.25) is 4.79 Å². The molecule has 1 aliphatic rings. The SMILES string of the molecule is Cc1ccc([C@@H]2CC(C)(C)Oc3ccc(C=CC=O)cc32)cc1. The third-order valence-corrected chi connectivity index (χ3v) is 4.34. The molecule has 0 aliphatic carbocycles. The van der Waals surface area contributed by atoms with Crippen LogP contribution in [0.2, 0.25) is 0 Å². The van der Waals surface area contributed by atoms with E-state index in [0.717, 1.165) is 24.0 Å². The van der Waals surface area contributed by atoms with E-state index in [1.165, 1.54) is 22.8 Å². The molecule has 0 aromatic heterocycles. The highest BCUT2D eigenvalue weighted by molar-refractivity contribution is 5.74. The molecule has 0 radical (unpaired) electrons. The predicted molar refractivity (Wildman–Crippen MR) is 93.9 cm³/mol. The lowest BCUT2D eigenvalue weighted by Gasteiger charge is -2.38. The van der Waals surface area contributed by atoms with Crippen LogP contribution < -0.4 is 4.74 Å². The van der Waals surface area contributed by atoms with Gasteiger partial charge in [-0.15, -0.1) is 0 Å². The summed E-state index contributed by atoms with van der Waals surface area (Å²) in [6.07, 6.45) is 5.09. The molecule has 0 unspecified atom stereocenters. The number of hydrogen-bond acceptors (Lipinski definition) is 2. The summed E-state index contributed by atoms with van der Waals surface area (Å²) in [5, 5.41) is 0. The third-order valence-electron chi connectivity index (χ3n) is 4.34. The van der Waals surface area contributed by atoms with Gasteiger partial charge in [-0.25, -0.2) is 0 Å². The van der Waals surface area contributed by atoms with Crippen LogP contribution in [0.15, 0.2) is 48.5 Å². The number of ether oxygens (including phenoxy) is 1. The molecule has 2 nitrogen and oxygen atoms in total. The second-order valence-electron chi connectivity index (χ2n) is 6.82.